The topological polar surface area (TPSA) is 58.0 Å². The first-order valence-corrected chi connectivity index (χ1v) is 10.4. The van der Waals surface area contributed by atoms with Gasteiger partial charge in [0.2, 0.25) is 0 Å². The zero-order valence-electron chi connectivity index (χ0n) is 14.8. The van der Waals surface area contributed by atoms with E-state index in [9.17, 15) is 5.11 Å². The van der Waals surface area contributed by atoms with Crippen molar-refractivity contribution in [3.05, 3.63) is 88.0 Å². The number of aliphatic hydroxyl groups excluding tert-OH is 1. The number of rotatable bonds is 6. The molecule has 136 valence electrons. The van der Waals surface area contributed by atoms with Crippen molar-refractivity contribution in [2.45, 2.75) is 19.6 Å². The first kappa shape index (κ1) is 17.9. The molecule has 0 saturated heterocycles. The second kappa shape index (κ2) is 8.00. The van der Waals surface area contributed by atoms with Gasteiger partial charge in [0, 0.05) is 17.3 Å². The predicted octanol–water partition coefficient (Wildman–Crippen LogP) is 5.27. The quantitative estimate of drug-likeness (QED) is 0.469. The van der Waals surface area contributed by atoms with E-state index >= 15 is 0 Å². The maximum atomic E-state index is 10.6. The van der Waals surface area contributed by atoms with Crippen LogP contribution in [0.4, 0.5) is 5.69 Å². The van der Waals surface area contributed by atoms with Crippen LogP contribution in [0.5, 0.6) is 0 Å². The van der Waals surface area contributed by atoms with Crippen LogP contribution in [0.15, 0.2) is 65.5 Å². The highest BCUT2D eigenvalue weighted by atomic mass is 32.1. The van der Waals surface area contributed by atoms with Gasteiger partial charge in [-0.25, -0.2) is 4.98 Å². The molecule has 0 saturated carbocycles. The van der Waals surface area contributed by atoms with E-state index in [0.29, 0.717) is 12.2 Å². The molecule has 0 amide bonds. The molecule has 0 bridgehead atoms. The highest BCUT2D eigenvalue weighted by Gasteiger charge is 2.13. The molecule has 3 heterocycles. The number of nitrogens with one attached hydrogen (secondary N) is 1. The van der Waals surface area contributed by atoms with Gasteiger partial charge in [0.25, 0.3) is 0 Å². The first-order valence-electron chi connectivity index (χ1n) is 8.62. The van der Waals surface area contributed by atoms with Crippen LogP contribution in [0.3, 0.4) is 0 Å². The van der Waals surface area contributed by atoms with Crippen LogP contribution in [-0.2, 0) is 6.54 Å². The maximum Gasteiger partial charge on any atom is 0.133 e. The van der Waals surface area contributed by atoms with Crippen LogP contribution in [0, 0.1) is 6.92 Å². The third kappa shape index (κ3) is 4.08. The van der Waals surface area contributed by atoms with Crippen molar-refractivity contribution in [1.29, 1.82) is 0 Å². The van der Waals surface area contributed by atoms with Gasteiger partial charge in [-0.3, -0.25) is 4.98 Å². The number of aliphatic hydroxyl groups is 1. The average Bonchev–Trinajstić information content (AvgIpc) is 3.39. The highest BCUT2D eigenvalue weighted by molar-refractivity contribution is 7.20. The minimum absolute atomic E-state index is 0.645. The standard InChI is InChI=1S/C21H19N3OS2/c1-14-7-8-15(20(25)17-5-2-3-9-22-17)11-18(14)23-12-16-13-27-21(24-16)19-6-4-10-26-19/h2-11,13,20,23,25H,12H2,1H3. The largest absolute Gasteiger partial charge is 0.382 e. The van der Waals surface area contributed by atoms with E-state index < -0.39 is 6.10 Å². The van der Waals surface area contributed by atoms with E-state index in [4.69, 9.17) is 4.98 Å². The molecule has 3 aromatic heterocycles. The molecular weight excluding hydrogens is 374 g/mol. The summed E-state index contributed by atoms with van der Waals surface area (Å²) in [4.78, 5) is 10.2. The number of thiophene rings is 1. The summed E-state index contributed by atoms with van der Waals surface area (Å²) in [7, 11) is 0. The van der Waals surface area contributed by atoms with Gasteiger partial charge in [-0.05, 0) is 47.7 Å². The van der Waals surface area contributed by atoms with Crippen molar-refractivity contribution in [3.8, 4) is 9.88 Å². The molecule has 27 heavy (non-hydrogen) atoms. The lowest BCUT2D eigenvalue weighted by Gasteiger charge is -2.14. The highest BCUT2D eigenvalue weighted by Crippen LogP contribution is 2.29. The molecule has 4 aromatic rings. The summed E-state index contributed by atoms with van der Waals surface area (Å²) in [6.45, 7) is 2.70. The van der Waals surface area contributed by atoms with Crippen molar-refractivity contribution >= 4 is 28.4 Å². The smallest absolute Gasteiger partial charge is 0.133 e. The van der Waals surface area contributed by atoms with E-state index in [2.05, 4.69) is 34.1 Å². The second-order valence-corrected chi connectivity index (χ2v) is 8.01. The molecule has 0 aliphatic heterocycles. The van der Waals surface area contributed by atoms with Crippen LogP contribution >= 0.6 is 22.7 Å². The monoisotopic (exact) mass is 393 g/mol. The molecule has 2 N–H and O–H groups in total. The lowest BCUT2D eigenvalue weighted by atomic mass is 10.0. The molecule has 0 radical (unpaired) electrons. The summed E-state index contributed by atoms with van der Waals surface area (Å²) in [5.41, 5.74) is 4.60. The predicted molar refractivity (Wildman–Crippen MR) is 112 cm³/mol. The van der Waals surface area contributed by atoms with Gasteiger partial charge in [-0.2, -0.15) is 0 Å². The summed E-state index contributed by atoms with van der Waals surface area (Å²) in [5, 5.41) is 19.3. The Morgan fingerprint density at radius 2 is 2.04 bits per heavy atom. The Morgan fingerprint density at radius 1 is 1.11 bits per heavy atom. The normalized spacial score (nSPS) is 12.1. The van der Waals surface area contributed by atoms with Gasteiger partial charge in [-0.1, -0.05) is 24.3 Å². The lowest BCUT2D eigenvalue weighted by Crippen LogP contribution is -2.05. The summed E-state index contributed by atoms with van der Waals surface area (Å²) >= 11 is 3.37. The number of thiazole rings is 1. The van der Waals surface area contributed by atoms with Crippen molar-refractivity contribution in [2.24, 2.45) is 0 Å². The van der Waals surface area contributed by atoms with E-state index in [1.54, 1.807) is 28.9 Å². The second-order valence-electron chi connectivity index (χ2n) is 6.21. The molecule has 1 unspecified atom stereocenters. The van der Waals surface area contributed by atoms with E-state index in [0.717, 1.165) is 27.5 Å². The van der Waals surface area contributed by atoms with E-state index in [1.807, 2.05) is 42.5 Å². The van der Waals surface area contributed by atoms with Crippen LogP contribution in [0.2, 0.25) is 0 Å². The number of aromatic nitrogens is 2. The average molecular weight is 394 g/mol. The maximum absolute atomic E-state index is 10.6. The zero-order chi connectivity index (χ0) is 18.6. The van der Waals surface area contributed by atoms with E-state index in [-0.39, 0.29) is 0 Å². The van der Waals surface area contributed by atoms with Gasteiger partial charge in [0.15, 0.2) is 0 Å². The molecular formula is C21H19N3OS2. The van der Waals surface area contributed by atoms with Crippen LogP contribution in [-0.4, -0.2) is 15.1 Å². The fourth-order valence-corrected chi connectivity index (χ4v) is 4.43. The first-order chi connectivity index (χ1) is 13.2. The fourth-order valence-electron chi connectivity index (χ4n) is 2.80. The molecule has 0 spiro atoms. The van der Waals surface area contributed by atoms with Crippen molar-refractivity contribution in [1.82, 2.24) is 9.97 Å². The Hall–Kier alpha value is -2.54. The van der Waals surface area contributed by atoms with Crippen LogP contribution in [0.25, 0.3) is 9.88 Å². The zero-order valence-corrected chi connectivity index (χ0v) is 16.4. The number of anilines is 1. The number of pyridine rings is 1. The van der Waals surface area contributed by atoms with Gasteiger partial charge in [0.1, 0.15) is 11.1 Å². The number of hydrogen-bond donors (Lipinski definition) is 2. The molecule has 1 atom stereocenters. The summed E-state index contributed by atoms with van der Waals surface area (Å²) < 4.78 is 0. The fraction of sp³-hybridized carbons (Fsp3) is 0.143. The Bertz CT molecular complexity index is 1010. The van der Waals surface area contributed by atoms with Crippen molar-refractivity contribution < 1.29 is 5.11 Å². The number of nitrogens with zero attached hydrogens (tertiary/aromatic N) is 2. The Balaban J connectivity index is 1.49. The minimum atomic E-state index is -0.739. The third-order valence-corrected chi connectivity index (χ3v) is 6.22. The summed E-state index contributed by atoms with van der Waals surface area (Å²) in [5.74, 6) is 0. The molecule has 4 rings (SSSR count). The molecule has 0 aliphatic rings. The van der Waals surface area contributed by atoms with Crippen molar-refractivity contribution in [3.63, 3.8) is 0 Å². The van der Waals surface area contributed by atoms with Gasteiger partial charge >= 0.3 is 0 Å². The lowest BCUT2D eigenvalue weighted by molar-refractivity contribution is 0.215. The Labute approximate surface area is 166 Å². The summed E-state index contributed by atoms with van der Waals surface area (Å²) in [6.07, 6.45) is 0.955. The molecule has 1 aromatic carbocycles. The van der Waals surface area contributed by atoms with Gasteiger partial charge in [0.05, 0.1) is 22.8 Å². The Kier molecular flexibility index (Phi) is 5.29. The van der Waals surface area contributed by atoms with Crippen LogP contribution in [0.1, 0.15) is 28.6 Å². The summed E-state index contributed by atoms with van der Waals surface area (Å²) in [6, 6.07) is 15.6. The van der Waals surface area contributed by atoms with Crippen LogP contribution < -0.4 is 5.32 Å². The molecule has 0 fully saturated rings. The molecule has 0 aliphatic carbocycles. The SMILES string of the molecule is Cc1ccc(C(O)c2ccccn2)cc1NCc1csc(-c2cccs2)n1. The molecule has 6 heteroatoms. The van der Waals surface area contributed by atoms with Gasteiger partial charge < -0.3 is 10.4 Å². The van der Waals surface area contributed by atoms with Gasteiger partial charge in [-0.15, -0.1) is 22.7 Å². The number of hydrogen-bond acceptors (Lipinski definition) is 6. The number of benzene rings is 1. The number of aryl methyl sites for hydroxylation is 1. The minimum Gasteiger partial charge on any atom is -0.382 e. The third-order valence-electron chi connectivity index (χ3n) is 4.29. The Morgan fingerprint density at radius 3 is 2.81 bits per heavy atom. The molecule has 4 nitrogen and oxygen atoms in total. The van der Waals surface area contributed by atoms with Crippen molar-refractivity contribution in [2.75, 3.05) is 5.32 Å². The van der Waals surface area contributed by atoms with E-state index in [1.165, 1.54) is 4.88 Å².